The van der Waals surface area contributed by atoms with E-state index in [0.717, 1.165) is 0 Å². The largest absolute Gasteiger partial charge is 0.407 e. The second kappa shape index (κ2) is 2.96. The molecule has 0 N–H and O–H groups in total. The second-order valence-corrected chi connectivity index (χ2v) is 1.77. The zero-order valence-electron chi connectivity index (χ0n) is 5.77. The molecule has 0 fully saturated rings. The second-order valence-electron chi connectivity index (χ2n) is 1.77. The topological polar surface area (TPSA) is 69.8 Å². The van der Waals surface area contributed by atoms with Crippen molar-refractivity contribution in [2.45, 2.75) is 6.92 Å². The maximum absolute atomic E-state index is 10.5. The Balaban J connectivity index is 2.64. The molecule has 1 radical (unpaired) electrons. The summed E-state index contributed by atoms with van der Waals surface area (Å²) in [5.41, 5.74) is 0. The van der Waals surface area contributed by atoms with Gasteiger partial charge in [-0.3, -0.25) is 4.79 Å². The molecule has 1 aliphatic rings. The van der Waals surface area contributed by atoms with Gasteiger partial charge in [0.25, 0.3) is 0 Å². The fourth-order valence-electron chi connectivity index (χ4n) is 0.529. The highest BCUT2D eigenvalue weighted by Crippen LogP contribution is 1.94. The molecule has 0 bridgehead atoms. The number of carbonyl (C=O) groups is 2. The summed E-state index contributed by atoms with van der Waals surface area (Å²) >= 11 is 0. The van der Waals surface area contributed by atoms with Gasteiger partial charge in [-0.05, 0) is 0 Å². The van der Waals surface area contributed by atoms with Crippen molar-refractivity contribution < 1.29 is 14.3 Å². The van der Waals surface area contributed by atoms with Crippen LogP contribution in [0.4, 0.5) is 4.79 Å². The van der Waals surface area contributed by atoms with Crippen LogP contribution in [-0.2, 0) is 9.53 Å². The van der Waals surface area contributed by atoms with E-state index in [0.29, 0.717) is 0 Å². The highest BCUT2D eigenvalue weighted by molar-refractivity contribution is 6.03. The first-order chi connectivity index (χ1) is 5.18. The average Bonchev–Trinajstić information content (AvgIpc) is 1.85. The standard InChI is InChI=1S/C6H5N2O3/c1-4(9)11-5-2-3-7-6(10)8-5/h2-3H,1H3. The van der Waals surface area contributed by atoms with Crippen molar-refractivity contribution in [3.05, 3.63) is 12.3 Å². The van der Waals surface area contributed by atoms with E-state index >= 15 is 0 Å². The average molecular weight is 153 g/mol. The smallest absolute Gasteiger partial charge is 0.370 e. The molecular weight excluding hydrogens is 148 g/mol. The zero-order chi connectivity index (χ0) is 8.27. The number of hydrogen-bond acceptors (Lipinski definition) is 3. The Bertz CT molecular complexity index is 255. The van der Waals surface area contributed by atoms with Gasteiger partial charge in [0.05, 0.1) is 0 Å². The van der Waals surface area contributed by atoms with Crippen LogP contribution >= 0.6 is 0 Å². The summed E-state index contributed by atoms with van der Waals surface area (Å²) in [6, 6.07) is -0.663. The van der Waals surface area contributed by atoms with Crippen LogP contribution in [0.5, 0.6) is 0 Å². The summed E-state index contributed by atoms with van der Waals surface area (Å²) in [4.78, 5) is 24.1. The van der Waals surface area contributed by atoms with Crippen molar-refractivity contribution >= 4 is 17.9 Å². The number of rotatable bonds is 0. The van der Waals surface area contributed by atoms with E-state index in [1.165, 1.54) is 19.2 Å². The Morgan fingerprint density at radius 2 is 2.36 bits per heavy atom. The summed E-state index contributed by atoms with van der Waals surface area (Å²) in [7, 11) is 0. The highest BCUT2D eigenvalue weighted by Gasteiger charge is 2.08. The first kappa shape index (κ1) is 7.46. The Morgan fingerprint density at radius 1 is 1.64 bits per heavy atom. The molecule has 1 aliphatic heterocycles. The molecule has 0 unspecified atom stereocenters. The van der Waals surface area contributed by atoms with Gasteiger partial charge in [0.15, 0.2) is 0 Å². The lowest BCUT2D eigenvalue weighted by Crippen LogP contribution is -2.16. The lowest BCUT2D eigenvalue weighted by molar-refractivity contribution is -0.132. The first-order valence-corrected chi connectivity index (χ1v) is 2.87. The third-order valence-corrected chi connectivity index (χ3v) is 0.856. The number of ether oxygens (including phenoxy) is 1. The zero-order valence-corrected chi connectivity index (χ0v) is 5.77. The minimum absolute atomic E-state index is 0.0162. The number of aliphatic imine (C=N–C) groups is 1. The van der Waals surface area contributed by atoms with Crippen LogP contribution in [-0.4, -0.2) is 17.9 Å². The van der Waals surface area contributed by atoms with Gasteiger partial charge in [-0.15, -0.1) is 0 Å². The van der Waals surface area contributed by atoms with Gasteiger partial charge in [0.1, 0.15) is 0 Å². The van der Waals surface area contributed by atoms with E-state index in [1.54, 1.807) is 0 Å². The summed E-state index contributed by atoms with van der Waals surface area (Å²) in [6.45, 7) is 1.23. The summed E-state index contributed by atoms with van der Waals surface area (Å²) in [5.74, 6) is -0.527. The molecule has 57 valence electrons. The van der Waals surface area contributed by atoms with E-state index < -0.39 is 12.0 Å². The summed E-state index contributed by atoms with van der Waals surface area (Å²) in [6.07, 6.45) is 2.57. The van der Waals surface area contributed by atoms with Gasteiger partial charge in [-0.25, -0.2) is 4.79 Å². The minimum atomic E-state index is -0.663. The Morgan fingerprint density at radius 3 is 2.91 bits per heavy atom. The van der Waals surface area contributed by atoms with Gasteiger partial charge in [-0.1, -0.05) is 0 Å². The van der Waals surface area contributed by atoms with E-state index in [1.807, 2.05) is 0 Å². The predicted octanol–water partition coefficient (Wildman–Crippen LogP) is 0.200. The maximum Gasteiger partial charge on any atom is 0.370 e. The predicted molar refractivity (Wildman–Crippen MR) is 35.9 cm³/mol. The lowest BCUT2D eigenvalue weighted by Gasteiger charge is -2.02. The van der Waals surface area contributed by atoms with Crippen molar-refractivity contribution in [1.29, 1.82) is 0 Å². The number of nitrogens with zero attached hydrogens (tertiary/aromatic N) is 2. The molecule has 1 rings (SSSR count). The molecule has 0 aromatic heterocycles. The quantitative estimate of drug-likeness (QED) is 0.466. The van der Waals surface area contributed by atoms with Crippen molar-refractivity contribution in [2.75, 3.05) is 0 Å². The van der Waals surface area contributed by atoms with Crippen LogP contribution in [0.25, 0.3) is 0 Å². The maximum atomic E-state index is 10.5. The molecule has 0 saturated carbocycles. The van der Waals surface area contributed by atoms with Gasteiger partial charge in [-0.2, -0.15) is 10.3 Å². The normalized spacial score (nSPS) is 15.4. The van der Waals surface area contributed by atoms with Crippen LogP contribution in [0.1, 0.15) is 6.92 Å². The van der Waals surface area contributed by atoms with E-state index in [9.17, 15) is 9.59 Å². The minimum Gasteiger partial charge on any atom is -0.407 e. The SMILES string of the molecule is CC(=O)OC1=NC(=O)[N]C=C1. The van der Waals surface area contributed by atoms with Gasteiger partial charge in [0, 0.05) is 19.2 Å². The Hall–Kier alpha value is -1.65. The highest BCUT2D eigenvalue weighted by atomic mass is 16.5. The molecule has 11 heavy (non-hydrogen) atoms. The molecule has 1 heterocycles. The number of amides is 2. The monoisotopic (exact) mass is 153 g/mol. The van der Waals surface area contributed by atoms with Crippen LogP contribution in [0.2, 0.25) is 0 Å². The van der Waals surface area contributed by atoms with Crippen LogP contribution in [0, 0.1) is 0 Å². The van der Waals surface area contributed by atoms with E-state index in [2.05, 4.69) is 15.0 Å². The number of carbonyl (C=O) groups excluding carboxylic acids is 2. The third-order valence-electron chi connectivity index (χ3n) is 0.856. The molecule has 5 heteroatoms. The van der Waals surface area contributed by atoms with Crippen molar-refractivity contribution in [3.8, 4) is 0 Å². The molecule has 0 atom stereocenters. The molecule has 0 aromatic rings. The molecular formula is C6H5N2O3. The molecule has 2 amide bonds. The van der Waals surface area contributed by atoms with E-state index in [-0.39, 0.29) is 5.90 Å². The third kappa shape index (κ3) is 2.21. The van der Waals surface area contributed by atoms with Crippen LogP contribution in [0.3, 0.4) is 0 Å². The van der Waals surface area contributed by atoms with Gasteiger partial charge >= 0.3 is 12.0 Å². The molecule has 5 nitrogen and oxygen atoms in total. The van der Waals surface area contributed by atoms with E-state index in [4.69, 9.17) is 0 Å². The fourth-order valence-corrected chi connectivity index (χ4v) is 0.529. The Kier molecular flexibility index (Phi) is 2.00. The summed E-state index contributed by atoms with van der Waals surface area (Å²) in [5, 5.41) is 3.29. The molecule has 0 saturated heterocycles. The van der Waals surface area contributed by atoms with Crippen LogP contribution in [0.15, 0.2) is 17.3 Å². The number of hydrogen-bond donors (Lipinski definition) is 0. The Labute approximate surface area is 62.8 Å². The fraction of sp³-hybridized carbons (Fsp3) is 0.167. The van der Waals surface area contributed by atoms with Crippen LogP contribution < -0.4 is 5.32 Å². The number of urea groups is 1. The number of esters is 1. The molecule has 0 spiro atoms. The van der Waals surface area contributed by atoms with Gasteiger partial charge < -0.3 is 4.74 Å². The lowest BCUT2D eigenvalue weighted by atomic mass is 10.5. The summed E-state index contributed by atoms with van der Waals surface area (Å²) < 4.78 is 4.50. The van der Waals surface area contributed by atoms with Crippen molar-refractivity contribution in [1.82, 2.24) is 5.32 Å². The van der Waals surface area contributed by atoms with Crippen molar-refractivity contribution in [2.24, 2.45) is 4.99 Å². The molecule has 0 aromatic carbocycles. The first-order valence-electron chi connectivity index (χ1n) is 2.87. The van der Waals surface area contributed by atoms with Crippen molar-refractivity contribution in [3.63, 3.8) is 0 Å². The molecule has 0 aliphatic carbocycles. The van der Waals surface area contributed by atoms with Gasteiger partial charge in [0.2, 0.25) is 5.90 Å².